The van der Waals surface area contributed by atoms with Crippen molar-refractivity contribution >= 4 is 0 Å². The Kier molecular flexibility index (Phi) is 5.68. The van der Waals surface area contributed by atoms with Crippen LogP contribution in [0.15, 0.2) is 0 Å². The van der Waals surface area contributed by atoms with E-state index in [9.17, 15) is 40.9 Å². The molecule has 0 aromatic carbocycles. The molecule has 0 amide bonds. The van der Waals surface area contributed by atoms with Gasteiger partial charge < -0.3 is 50.3 Å². The van der Waals surface area contributed by atoms with E-state index in [0.717, 1.165) is 0 Å². The van der Waals surface area contributed by atoms with E-state index >= 15 is 0 Å². The van der Waals surface area contributed by atoms with Gasteiger partial charge in [0.25, 0.3) is 0 Å². The van der Waals surface area contributed by atoms with Gasteiger partial charge in [-0.2, -0.15) is 0 Å². The molecule has 5 unspecified atom stereocenters. The van der Waals surface area contributed by atoms with Crippen LogP contribution in [0.3, 0.4) is 0 Å². The van der Waals surface area contributed by atoms with Crippen LogP contribution in [0.1, 0.15) is 0 Å². The van der Waals surface area contributed by atoms with E-state index in [1.165, 1.54) is 0 Å². The van der Waals surface area contributed by atoms with Gasteiger partial charge in [-0.15, -0.1) is 0 Å². The lowest BCUT2D eigenvalue weighted by Gasteiger charge is -2.45. The summed E-state index contributed by atoms with van der Waals surface area (Å²) in [7, 11) is 0. The van der Waals surface area contributed by atoms with Crippen LogP contribution in [-0.4, -0.2) is 109 Å². The van der Waals surface area contributed by atoms with Crippen LogP contribution < -0.4 is 5.32 Å². The Morgan fingerprint density at radius 1 is 0.818 bits per heavy atom. The number of hydrogen-bond acceptors (Lipinski definition) is 11. The van der Waals surface area contributed by atoms with Crippen molar-refractivity contribution in [2.24, 2.45) is 0 Å². The first-order valence-electron chi connectivity index (χ1n) is 6.72. The van der Waals surface area contributed by atoms with Crippen LogP contribution in [-0.2, 0) is 9.47 Å². The SMILES string of the molecule is OC[C@H]1N[C@@H](O)[C@H](O)[C@H](O)[C@@H]1OC1OC(O)C(O)C(O)C1O. The second-order valence-electron chi connectivity index (χ2n) is 5.35. The molecule has 9 N–H and O–H groups in total. The molecule has 0 aromatic rings. The van der Waals surface area contributed by atoms with Gasteiger partial charge in [-0.05, 0) is 0 Å². The number of hydrogen-bond donors (Lipinski definition) is 9. The summed E-state index contributed by atoms with van der Waals surface area (Å²) in [5.41, 5.74) is 0. The van der Waals surface area contributed by atoms with Gasteiger partial charge in [0.1, 0.15) is 42.9 Å². The second kappa shape index (κ2) is 6.98. The zero-order valence-electron chi connectivity index (χ0n) is 11.4. The number of aliphatic hydroxyl groups excluding tert-OH is 8. The highest BCUT2D eigenvalue weighted by molar-refractivity contribution is 4.96. The molecule has 130 valence electrons. The molecule has 2 fully saturated rings. The molecule has 0 saturated carbocycles. The first-order chi connectivity index (χ1) is 10.3. The lowest BCUT2D eigenvalue weighted by atomic mass is 9.94. The van der Waals surface area contributed by atoms with Crippen molar-refractivity contribution in [1.82, 2.24) is 5.32 Å². The lowest BCUT2D eigenvalue weighted by molar-refractivity contribution is -0.358. The van der Waals surface area contributed by atoms with E-state index in [1.54, 1.807) is 0 Å². The smallest absolute Gasteiger partial charge is 0.189 e. The Bertz CT molecular complexity index is 371. The molecule has 2 aliphatic heterocycles. The van der Waals surface area contributed by atoms with Gasteiger partial charge >= 0.3 is 0 Å². The molecule has 11 heteroatoms. The van der Waals surface area contributed by atoms with E-state index < -0.39 is 68.1 Å². The summed E-state index contributed by atoms with van der Waals surface area (Å²) in [4.78, 5) is 0. The van der Waals surface area contributed by atoms with Crippen molar-refractivity contribution in [3.05, 3.63) is 0 Å². The second-order valence-corrected chi connectivity index (χ2v) is 5.35. The van der Waals surface area contributed by atoms with Crippen LogP contribution in [0.4, 0.5) is 0 Å². The molecule has 0 bridgehead atoms. The molecular weight excluding hydrogens is 306 g/mol. The third-order valence-corrected chi connectivity index (χ3v) is 3.82. The standard InChI is InChI=1S/C11H21NO10/c13-1-2-8(4(15)5(16)9(19)12-2)21-11-7(18)3(14)6(17)10(20)22-11/h2-20H,1H2/t2-,3?,4+,5-,6?,7?,8-,9+,10?,11?/m1/s1. The fourth-order valence-corrected chi connectivity index (χ4v) is 2.46. The van der Waals surface area contributed by atoms with Gasteiger partial charge in [0, 0.05) is 0 Å². The fourth-order valence-electron chi connectivity index (χ4n) is 2.46. The minimum absolute atomic E-state index is 0.581. The third-order valence-electron chi connectivity index (χ3n) is 3.82. The molecule has 2 rings (SSSR count). The molecule has 0 radical (unpaired) electrons. The molecule has 0 aliphatic carbocycles. The van der Waals surface area contributed by atoms with Gasteiger partial charge in [-0.3, -0.25) is 5.32 Å². The van der Waals surface area contributed by atoms with E-state index in [-0.39, 0.29) is 0 Å². The third kappa shape index (κ3) is 3.25. The van der Waals surface area contributed by atoms with Gasteiger partial charge in [0.05, 0.1) is 12.6 Å². The highest BCUT2D eigenvalue weighted by Crippen LogP contribution is 2.25. The quantitative estimate of drug-likeness (QED) is 0.240. The highest BCUT2D eigenvalue weighted by Gasteiger charge is 2.49. The van der Waals surface area contributed by atoms with E-state index in [0.29, 0.717) is 0 Å². The summed E-state index contributed by atoms with van der Waals surface area (Å²) in [6.07, 6.45) is -14.8. The van der Waals surface area contributed by atoms with Crippen LogP contribution in [0, 0.1) is 0 Å². The lowest BCUT2D eigenvalue weighted by Crippen LogP contribution is -2.68. The van der Waals surface area contributed by atoms with Crippen molar-refractivity contribution in [2.45, 2.75) is 61.5 Å². The van der Waals surface area contributed by atoms with Crippen LogP contribution in [0.2, 0.25) is 0 Å². The van der Waals surface area contributed by atoms with Crippen LogP contribution in [0.25, 0.3) is 0 Å². The molecule has 10 atom stereocenters. The number of rotatable bonds is 3. The molecule has 2 aliphatic rings. The zero-order valence-corrected chi connectivity index (χ0v) is 11.4. The molecular formula is C11H21NO10. The Balaban J connectivity index is 2.10. The maximum atomic E-state index is 9.91. The summed E-state index contributed by atoms with van der Waals surface area (Å²) in [6.45, 7) is -0.581. The summed E-state index contributed by atoms with van der Waals surface area (Å²) in [6, 6.07) is -1.01. The predicted octanol–water partition coefficient (Wildman–Crippen LogP) is -5.87. The summed E-state index contributed by atoms with van der Waals surface area (Å²) >= 11 is 0. The molecule has 2 saturated heterocycles. The number of ether oxygens (including phenoxy) is 2. The maximum Gasteiger partial charge on any atom is 0.189 e. The van der Waals surface area contributed by atoms with Crippen LogP contribution in [0.5, 0.6) is 0 Å². The number of nitrogens with one attached hydrogen (secondary N) is 1. The molecule has 22 heavy (non-hydrogen) atoms. The normalized spacial score (nSPS) is 53.5. The van der Waals surface area contributed by atoms with Gasteiger partial charge in [0.15, 0.2) is 12.6 Å². The van der Waals surface area contributed by atoms with Crippen molar-refractivity contribution in [3.63, 3.8) is 0 Å². The molecule has 2 heterocycles. The van der Waals surface area contributed by atoms with Crippen LogP contribution >= 0.6 is 0 Å². The van der Waals surface area contributed by atoms with Crippen molar-refractivity contribution < 1.29 is 50.3 Å². The maximum absolute atomic E-state index is 9.91. The first kappa shape index (κ1) is 17.9. The summed E-state index contributed by atoms with van der Waals surface area (Å²) < 4.78 is 10.0. The van der Waals surface area contributed by atoms with E-state index in [2.05, 4.69) is 5.32 Å². The Morgan fingerprint density at radius 2 is 1.45 bits per heavy atom. The Hall–Kier alpha value is -0.440. The average molecular weight is 327 g/mol. The van der Waals surface area contributed by atoms with Gasteiger partial charge in [0.2, 0.25) is 0 Å². The topological polar surface area (TPSA) is 192 Å². The summed E-state index contributed by atoms with van der Waals surface area (Å²) in [5, 5.41) is 78.7. The molecule has 11 nitrogen and oxygen atoms in total. The molecule has 0 aromatic heterocycles. The summed E-state index contributed by atoms with van der Waals surface area (Å²) in [5.74, 6) is 0. The van der Waals surface area contributed by atoms with E-state index in [1.807, 2.05) is 0 Å². The first-order valence-corrected chi connectivity index (χ1v) is 6.72. The minimum Gasteiger partial charge on any atom is -0.395 e. The largest absolute Gasteiger partial charge is 0.395 e. The zero-order chi connectivity index (χ0) is 16.6. The van der Waals surface area contributed by atoms with E-state index in [4.69, 9.17) is 9.47 Å². The highest BCUT2D eigenvalue weighted by atomic mass is 16.8. The average Bonchev–Trinajstić information content (AvgIpc) is 2.50. The monoisotopic (exact) mass is 327 g/mol. The predicted molar refractivity (Wildman–Crippen MR) is 65.8 cm³/mol. The fraction of sp³-hybridized carbons (Fsp3) is 1.00. The van der Waals surface area contributed by atoms with Crippen molar-refractivity contribution in [2.75, 3.05) is 6.61 Å². The van der Waals surface area contributed by atoms with Crippen molar-refractivity contribution in [1.29, 1.82) is 0 Å². The van der Waals surface area contributed by atoms with Crippen molar-refractivity contribution in [3.8, 4) is 0 Å². The Morgan fingerprint density at radius 3 is 2.05 bits per heavy atom. The Labute approximate surface area is 125 Å². The molecule has 0 spiro atoms. The number of piperidine rings is 1. The van der Waals surface area contributed by atoms with Gasteiger partial charge in [-0.25, -0.2) is 0 Å². The minimum atomic E-state index is -1.83. The number of aliphatic hydroxyl groups is 8. The van der Waals surface area contributed by atoms with Gasteiger partial charge in [-0.1, -0.05) is 0 Å².